The van der Waals surface area contributed by atoms with E-state index in [2.05, 4.69) is 27.9 Å². The molecule has 3 rings (SSSR count). The van der Waals surface area contributed by atoms with E-state index in [0.717, 1.165) is 14.9 Å². The number of hydrogen-bond donors (Lipinski definition) is 2. The van der Waals surface area contributed by atoms with E-state index in [-0.39, 0.29) is 18.0 Å². The van der Waals surface area contributed by atoms with Gasteiger partial charge in [0.25, 0.3) is 0 Å². The zero-order chi connectivity index (χ0) is 20.6. The molecule has 0 bridgehead atoms. The standard InChI is InChI=1S/C23H18INO4/c24-19-8-4-5-9-21(19)29-18-12-10-17(11-13-18)14-20(23(27)28)25-22(26)15-16-6-2-1-3-7-16/h1-14H,15H2,(H,25,26)(H,27,28). The fraction of sp³-hybridized carbons (Fsp3) is 0.0435. The van der Waals surface area contributed by atoms with Gasteiger partial charge in [-0.2, -0.15) is 0 Å². The van der Waals surface area contributed by atoms with Crippen molar-refractivity contribution in [1.29, 1.82) is 0 Å². The fourth-order valence-electron chi connectivity index (χ4n) is 2.58. The maximum atomic E-state index is 12.2. The molecule has 2 N–H and O–H groups in total. The van der Waals surface area contributed by atoms with Gasteiger partial charge < -0.3 is 15.2 Å². The summed E-state index contributed by atoms with van der Waals surface area (Å²) in [5.74, 6) is -0.207. The molecule has 3 aromatic rings. The molecule has 0 heterocycles. The quantitative estimate of drug-likeness (QED) is 0.360. The average Bonchev–Trinajstić information content (AvgIpc) is 2.71. The predicted octanol–water partition coefficient (Wildman–Crippen LogP) is 4.87. The molecule has 0 aromatic heterocycles. The van der Waals surface area contributed by atoms with Crippen LogP contribution in [0.25, 0.3) is 6.08 Å². The lowest BCUT2D eigenvalue weighted by molar-refractivity contribution is -0.134. The number of amides is 1. The van der Waals surface area contributed by atoms with Crippen LogP contribution < -0.4 is 10.1 Å². The molecule has 3 aromatic carbocycles. The molecule has 0 atom stereocenters. The van der Waals surface area contributed by atoms with Crippen LogP contribution in [0.1, 0.15) is 11.1 Å². The summed E-state index contributed by atoms with van der Waals surface area (Å²) in [7, 11) is 0. The highest BCUT2D eigenvalue weighted by Crippen LogP contribution is 2.26. The van der Waals surface area contributed by atoms with Crippen molar-refractivity contribution in [1.82, 2.24) is 5.32 Å². The zero-order valence-electron chi connectivity index (χ0n) is 15.3. The van der Waals surface area contributed by atoms with Gasteiger partial charge >= 0.3 is 5.97 Å². The van der Waals surface area contributed by atoms with Crippen molar-refractivity contribution >= 4 is 40.5 Å². The van der Waals surface area contributed by atoms with Crippen molar-refractivity contribution in [3.63, 3.8) is 0 Å². The van der Waals surface area contributed by atoms with Crippen LogP contribution >= 0.6 is 22.6 Å². The van der Waals surface area contributed by atoms with Gasteiger partial charge in [-0.05, 0) is 64.1 Å². The van der Waals surface area contributed by atoms with Gasteiger partial charge in [0, 0.05) is 0 Å². The van der Waals surface area contributed by atoms with Crippen LogP contribution in [0.5, 0.6) is 11.5 Å². The van der Waals surface area contributed by atoms with Gasteiger partial charge in [-0.15, -0.1) is 0 Å². The minimum absolute atomic E-state index is 0.105. The van der Waals surface area contributed by atoms with Crippen molar-refractivity contribution in [2.45, 2.75) is 6.42 Å². The predicted molar refractivity (Wildman–Crippen MR) is 120 cm³/mol. The number of carbonyl (C=O) groups is 2. The highest BCUT2D eigenvalue weighted by atomic mass is 127. The van der Waals surface area contributed by atoms with E-state index in [1.54, 1.807) is 24.3 Å². The van der Waals surface area contributed by atoms with Gasteiger partial charge in [-0.25, -0.2) is 4.79 Å². The Morgan fingerprint density at radius 1 is 0.931 bits per heavy atom. The third-order valence-electron chi connectivity index (χ3n) is 3.97. The average molecular weight is 499 g/mol. The Bertz CT molecular complexity index is 1030. The van der Waals surface area contributed by atoms with Crippen molar-refractivity contribution in [2.24, 2.45) is 0 Å². The second-order valence-electron chi connectivity index (χ2n) is 6.18. The van der Waals surface area contributed by atoms with E-state index in [9.17, 15) is 14.7 Å². The highest BCUT2D eigenvalue weighted by Gasteiger charge is 2.12. The van der Waals surface area contributed by atoms with Crippen LogP contribution in [0.2, 0.25) is 0 Å². The molecule has 0 aliphatic heterocycles. The van der Waals surface area contributed by atoms with Crippen molar-refractivity contribution in [3.05, 3.63) is 99.3 Å². The Labute approximate surface area is 182 Å². The molecular formula is C23H18INO4. The van der Waals surface area contributed by atoms with Gasteiger partial charge in [0.05, 0.1) is 9.99 Å². The first-order valence-electron chi connectivity index (χ1n) is 8.82. The van der Waals surface area contributed by atoms with Crippen molar-refractivity contribution < 1.29 is 19.4 Å². The van der Waals surface area contributed by atoms with Crippen LogP contribution in [0.4, 0.5) is 0 Å². The Morgan fingerprint density at radius 3 is 2.24 bits per heavy atom. The smallest absolute Gasteiger partial charge is 0.352 e. The monoisotopic (exact) mass is 499 g/mol. The van der Waals surface area contributed by atoms with E-state index in [0.29, 0.717) is 11.3 Å². The summed E-state index contributed by atoms with van der Waals surface area (Å²) in [5, 5.41) is 11.9. The molecule has 0 spiro atoms. The van der Waals surface area contributed by atoms with Crippen LogP contribution in [0.3, 0.4) is 0 Å². The lowest BCUT2D eigenvalue weighted by Crippen LogP contribution is -2.28. The molecule has 1 amide bonds. The number of carboxylic acids is 1. The molecule has 6 heteroatoms. The van der Waals surface area contributed by atoms with E-state index in [1.165, 1.54) is 6.08 Å². The molecule has 0 unspecified atom stereocenters. The maximum absolute atomic E-state index is 12.2. The molecule has 0 aliphatic carbocycles. The van der Waals surface area contributed by atoms with E-state index in [4.69, 9.17) is 4.74 Å². The zero-order valence-corrected chi connectivity index (χ0v) is 17.5. The van der Waals surface area contributed by atoms with Crippen molar-refractivity contribution in [2.75, 3.05) is 0 Å². The number of halogens is 1. The maximum Gasteiger partial charge on any atom is 0.352 e. The number of para-hydroxylation sites is 1. The first-order valence-corrected chi connectivity index (χ1v) is 9.90. The Hall–Kier alpha value is -3.13. The summed E-state index contributed by atoms with van der Waals surface area (Å²) in [6.45, 7) is 0. The normalized spacial score (nSPS) is 11.0. The Kier molecular flexibility index (Phi) is 7.02. The number of carboxylic acid groups (broad SMARTS) is 1. The third-order valence-corrected chi connectivity index (χ3v) is 4.86. The van der Waals surface area contributed by atoms with E-state index in [1.807, 2.05) is 54.6 Å². The number of ether oxygens (including phenoxy) is 1. The Balaban J connectivity index is 1.69. The molecule has 0 saturated heterocycles. The van der Waals surface area contributed by atoms with Crippen LogP contribution in [0, 0.1) is 3.57 Å². The first-order chi connectivity index (χ1) is 14.0. The fourth-order valence-corrected chi connectivity index (χ4v) is 3.08. The van der Waals surface area contributed by atoms with Gasteiger partial charge in [0.15, 0.2) is 0 Å². The lowest BCUT2D eigenvalue weighted by Gasteiger charge is -2.09. The van der Waals surface area contributed by atoms with E-state index < -0.39 is 5.97 Å². The topological polar surface area (TPSA) is 75.6 Å². The van der Waals surface area contributed by atoms with Gasteiger partial charge in [-0.1, -0.05) is 54.6 Å². The summed E-state index contributed by atoms with van der Waals surface area (Å²) in [6.07, 6.45) is 1.52. The molecule has 146 valence electrons. The van der Waals surface area contributed by atoms with Gasteiger partial charge in [0.1, 0.15) is 17.2 Å². The third kappa shape index (κ3) is 6.18. The number of carbonyl (C=O) groups excluding carboxylic acids is 1. The number of rotatable bonds is 7. The molecular weight excluding hydrogens is 481 g/mol. The van der Waals surface area contributed by atoms with Crippen LogP contribution in [0.15, 0.2) is 84.6 Å². The molecule has 29 heavy (non-hydrogen) atoms. The molecule has 5 nitrogen and oxygen atoms in total. The van der Waals surface area contributed by atoms with Crippen molar-refractivity contribution in [3.8, 4) is 11.5 Å². The summed E-state index contributed by atoms with van der Waals surface area (Å²) in [6, 6.07) is 23.8. The SMILES string of the molecule is O=C(Cc1ccccc1)NC(=Cc1ccc(Oc2ccccc2I)cc1)C(=O)O. The molecule has 0 fully saturated rings. The Morgan fingerprint density at radius 2 is 1.59 bits per heavy atom. The number of aliphatic carboxylic acids is 1. The largest absolute Gasteiger partial charge is 0.477 e. The first kappa shape index (κ1) is 20.6. The van der Waals surface area contributed by atoms with Crippen LogP contribution in [-0.2, 0) is 16.0 Å². The number of nitrogens with one attached hydrogen (secondary N) is 1. The second kappa shape index (κ2) is 9.88. The summed E-state index contributed by atoms with van der Waals surface area (Å²) < 4.78 is 6.82. The molecule has 0 radical (unpaired) electrons. The summed E-state index contributed by atoms with van der Waals surface area (Å²) >= 11 is 2.20. The second-order valence-corrected chi connectivity index (χ2v) is 7.34. The molecule has 0 aliphatic rings. The number of benzene rings is 3. The number of hydrogen-bond acceptors (Lipinski definition) is 3. The van der Waals surface area contributed by atoms with Gasteiger partial charge in [0.2, 0.25) is 5.91 Å². The summed E-state index contributed by atoms with van der Waals surface area (Å²) in [5.41, 5.74) is 1.27. The highest BCUT2D eigenvalue weighted by molar-refractivity contribution is 14.1. The lowest BCUT2D eigenvalue weighted by atomic mass is 10.1. The minimum atomic E-state index is -1.20. The molecule has 0 saturated carbocycles. The minimum Gasteiger partial charge on any atom is -0.477 e. The van der Waals surface area contributed by atoms with E-state index >= 15 is 0 Å². The van der Waals surface area contributed by atoms with Crippen LogP contribution in [-0.4, -0.2) is 17.0 Å². The summed E-state index contributed by atoms with van der Waals surface area (Å²) in [4.78, 5) is 23.7. The van der Waals surface area contributed by atoms with Gasteiger partial charge in [-0.3, -0.25) is 4.79 Å².